The van der Waals surface area contributed by atoms with E-state index in [9.17, 15) is 9.59 Å². The van der Waals surface area contributed by atoms with Gasteiger partial charge in [-0.15, -0.1) is 23.4 Å². The topological polar surface area (TPSA) is 169 Å². The molecule has 0 radical (unpaired) electrons. The van der Waals surface area contributed by atoms with Crippen LogP contribution in [-0.2, 0) is 48.6 Å². The van der Waals surface area contributed by atoms with Crippen LogP contribution in [0.25, 0.3) is 0 Å². The summed E-state index contributed by atoms with van der Waals surface area (Å²) in [4.78, 5) is 29.4. The minimum Gasteiger partial charge on any atom is -0.493 e. The first-order valence-corrected chi connectivity index (χ1v) is 35.0. The SMILES string of the molecule is C=CCCCCCCCCCOc1cc2cc(c1)OCCCCCCCCCc1cn(nn1)CCCCOc1cc(c3cc1C(=O)OCc1cc(OCCCCCCCCCC=C)cc(c1)OCCCCCCCCCc1cn(nn1)CCCCO3)C(=O)OC2. The number of carbonyl (C=O) groups is 2. The van der Waals surface area contributed by atoms with E-state index < -0.39 is 11.9 Å². The maximum Gasteiger partial charge on any atom is 0.342 e. The fourth-order valence-electron chi connectivity index (χ4n) is 11.5. The number of aryl methyl sites for hydroxylation is 4. The molecule has 0 saturated heterocycles. The molecule has 2 aromatic heterocycles. The van der Waals surface area contributed by atoms with E-state index in [1.165, 1.54) is 89.9 Å². The van der Waals surface area contributed by atoms with E-state index in [0.717, 1.165) is 151 Å². The Bertz CT molecular complexity index is 2620. The Hall–Kier alpha value is -6.84. The molecule has 0 atom stereocenters. The maximum atomic E-state index is 14.7. The van der Waals surface area contributed by atoms with Gasteiger partial charge in [0.05, 0.1) is 51.0 Å². The molecule has 0 amide bonds. The number of allylic oxidation sites excluding steroid dienone is 2. The second-order valence-corrected chi connectivity index (χ2v) is 24.6. The molecule has 4 heterocycles. The lowest BCUT2D eigenvalue weighted by Crippen LogP contribution is -2.14. The monoisotopic (exact) mass is 1240 g/mol. The highest BCUT2D eigenvalue weighted by Gasteiger charge is 2.25. The largest absolute Gasteiger partial charge is 0.493 e. The van der Waals surface area contributed by atoms with Crippen molar-refractivity contribution in [2.45, 2.75) is 257 Å². The quantitative estimate of drug-likeness (QED) is 0.0364. The van der Waals surface area contributed by atoms with Gasteiger partial charge in [-0.3, -0.25) is 9.36 Å². The van der Waals surface area contributed by atoms with Crippen molar-refractivity contribution in [3.63, 3.8) is 0 Å². The number of aromatic nitrogens is 6. The third-order valence-corrected chi connectivity index (χ3v) is 16.7. The number of ether oxygens (including phenoxy) is 8. The highest BCUT2D eigenvalue weighted by molar-refractivity contribution is 5.98. The van der Waals surface area contributed by atoms with Crippen molar-refractivity contribution < 1.29 is 47.5 Å². The summed E-state index contributed by atoms with van der Waals surface area (Å²) in [6, 6.07) is 14.7. The fraction of sp³-hybridized carbons (Fsp3) is 0.622. The van der Waals surface area contributed by atoms with Crippen molar-refractivity contribution in [2.24, 2.45) is 0 Å². The molecule has 2 aliphatic heterocycles. The van der Waals surface area contributed by atoms with Gasteiger partial charge in [0.2, 0.25) is 0 Å². The molecule has 12 bridgehead atoms. The Labute approximate surface area is 538 Å². The smallest absolute Gasteiger partial charge is 0.342 e. The van der Waals surface area contributed by atoms with Crippen LogP contribution in [0.2, 0.25) is 0 Å². The molecule has 90 heavy (non-hydrogen) atoms. The number of esters is 2. The van der Waals surface area contributed by atoms with E-state index in [1.54, 1.807) is 12.1 Å². The summed E-state index contributed by atoms with van der Waals surface area (Å²) in [6.45, 7) is 11.7. The van der Waals surface area contributed by atoms with E-state index in [4.69, 9.17) is 37.9 Å². The van der Waals surface area contributed by atoms with Gasteiger partial charge in [-0.05, 0) is 150 Å². The Morgan fingerprint density at radius 2 is 0.767 bits per heavy atom. The van der Waals surface area contributed by atoms with E-state index in [2.05, 4.69) is 33.8 Å². The van der Waals surface area contributed by atoms with Crippen LogP contribution in [0.15, 0.2) is 86.2 Å². The summed E-state index contributed by atoms with van der Waals surface area (Å²) in [5.74, 6) is 1.77. The molecular weight excluding hydrogens is 1130 g/mol. The van der Waals surface area contributed by atoms with Crippen molar-refractivity contribution in [3.05, 3.63) is 120 Å². The van der Waals surface area contributed by atoms with Crippen LogP contribution in [-0.4, -0.2) is 81.6 Å². The van der Waals surface area contributed by atoms with E-state index >= 15 is 0 Å². The van der Waals surface area contributed by atoms with E-state index in [-0.39, 0.29) is 49.1 Å². The van der Waals surface area contributed by atoms with Crippen LogP contribution >= 0.6 is 0 Å². The molecule has 7 rings (SSSR count). The second-order valence-electron chi connectivity index (χ2n) is 24.6. The van der Waals surface area contributed by atoms with Gasteiger partial charge in [0.1, 0.15) is 58.8 Å². The molecule has 2 aliphatic rings. The lowest BCUT2D eigenvalue weighted by atomic mass is 10.1. The van der Waals surface area contributed by atoms with Crippen LogP contribution < -0.4 is 28.4 Å². The fourth-order valence-corrected chi connectivity index (χ4v) is 11.5. The Kier molecular flexibility index (Phi) is 34.4. The van der Waals surface area contributed by atoms with E-state index in [1.807, 2.05) is 70.3 Å². The number of cyclic esters (lactones) is 2. The lowest BCUT2D eigenvalue weighted by Gasteiger charge is -2.18. The highest BCUT2D eigenvalue weighted by atomic mass is 16.5. The first-order valence-electron chi connectivity index (χ1n) is 35.0. The van der Waals surface area contributed by atoms with Gasteiger partial charge >= 0.3 is 11.9 Å². The summed E-state index contributed by atoms with van der Waals surface area (Å²) in [5, 5.41) is 17.8. The molecule has 0 aliphatic carbocycles. The summed E-state index contributed by atoms with van der Waals surface area (Å²) in [5.41, 5.74) is 3.70. The highest BCUT2D eigenvalue weighted by Crippen LogP contribution is 2.34. The van der Waals surface area contributed by atoms with Gasteiger partial charge in [0, 0.05) is 37.6 Å². The van der Waals surface area contributed by atoms with Gasteiger partial charge < -0.3 is 37.9 Å². The third kappa shape index (κ3) is 28.5. The van der Waals surface area contributed by atoms with Gasteiger partial charge in [-0.1, -0.05) is 151 Å². The van der Waals surface area contributed by atoms with Gasteiger partial charge in [0.15, 0.2) is 0 Å². The van der Waals surface area contributed by atoms with Crippen LogP contribution in [0.5, 0.6) is 34.5 Å². The van der Waals surface area contributed by atoms with Crippen molar-refractivity contribution in [1.29, 1.82) is 0 Å². The molecule has 16 nitrogen and oxygen atoms in total. The summed E-state index contributed by atoms with van der Waals surface area (Å²) < 4.78 is 54.7. The average Bonchev–Trinajstić information content (AvgIpc) is 2.21. The minimum atomic E-state index is -0.638. The van der Waals surface area contributed by atoms with Gasteiger partial charge in [-0.25, -0.2) is 9.59 Å². The van der Waals surface area contributed by atoms with Crippen LogP contribution in [0, 0.1) is 0 Å². The number of hydrogen-bond acceptors (Lipinski definition) is 14. The zero-order valence-corrected chi connectivity index (χ0v) is 54.6. The second kappa shape index (κ2) is 43.8. The van der Waals surface area contributed by atoms with Crippen LogP contribution in [0.4, 0.5) is 0 Å². The number of rotatable bonds is 22. The average molecular weight is 1240 g/mol. The molecule has 5 aromatic rings. The summed E-state index contributed by atoms with van der Waals surface area (Å²) in [6.07, 6.45) is 46.6. The first kappa shape index (κ1) is 70.6. The molecule has 3 aromatic carbocycles. The van der Waals surface area contributed by atoms with Crippen molar-refractivity contribution >= 4 is 11.9 Å². The minimum absolute atomic E-state index is 0.0627. The standard InChI is InChI=1S/C74H108N6O10/c1-3-5-7-9-11-13-19-25-33-43-83-65-49-61-51-67(53-65)85-45-35-27-21-15-17-23-29-39-63-57-80(78-75-63)42-32-38-48-88-72-55-69(73(81)89-59-61)71-56-70(72)74(82)90-60-62-50-66(84-44-34-26-20-14-12-10-8-6-4-2)54-68(52-62)86-46-36-28-22-16-18-24-30-40-64-58-79(77-76-64)41-31-37-47-87-71/h3-4,49-58H,1-2,5-48,59-60H2. The predicted octanol–water partition coefficient (Wildman–Crippen LogP) is 18.0. The number of benzene rings is 3. The number of fused-ring (bicyclic) bond motifs is 14. The Morgan fingerprint density at radius 1 is 0.400 bits per heavy atom. The predicted molar refractivity (Wildman–Crippen MR) is 355 cm³/mol. The molecule has 0 N–H and O–H groups in total. The molecule has 0 spiro atoms. The molecule has 494 valence electrons. The van der Waals surface area contributed by atoms with Gasteiger partial charge in [0.25, 0.3) is 0 Å². The number of nitrogens with zero attached hydrogens (tertiary/aromatic N) is 6. The number of hydrogen-bond donors (Lipinski definition) is 0. The Balaban J connectivity index is 1.12. The van der Waals surface area contributed by atoms with Crippen molar-refractivity contribution in [3.8, 4) is 34.5 Å². The van der Waals surface area contributed by atoms with Crippen LogP contribution in [0.3, 0.4) is 0 Å². The van der Waals surface area contributed by atoms with Crippen molar-refractivity contribution in [1.82, 2.24) is 30.0 Å². The van der Waals surface area contributed by atoms with Crippen molar-refractivity contribution in [2.75, 3.05) is 39.6 Å². The number of unbranched alkanes of at least 4 members (excludes halogenated alkanes) is 14. The summed E-state index contributed by atoms with van der Waals surface area (Å²) in [7, 11) is 0. The Morgan fingerprint density at radius 3 is 1.19 bits per heavy atom. The molecular formula is C74H108N6O10. The van der Waals surface area contributed by atoms with E-state index in [0.29, 0.717) is 75.4 Å². The van der Waals surface area contributed by atoms with Crippen LogP contribution in [0.1, 0.15) is 262 Å². The number of carbonyl (C=O) groups excluding carboxylic acids is 2. The molecule has 0 fully saturated rings. The lowest BCUT2D eigenvalue weighted by molar-refractivity contribution is 0.0449. The normalized spacial score (nSPS) is 16.2. The van der Waals surface area contributed by atoms with Gasteiger partial charge in [-0.2, -0.15) is 0 Å². The maximum absolute atomic E-state index is 14.7. The summed E-state index contributed by atoms with van der Waals surface area (Å²) >= 11 is 0. The zero-order chi connectivity index (χ0) is 62.7. The first-order chi connectivity index (χ1) is 44.4. The molecule has 0 unspecified atom stereocenters. The molecule has 0 saturated carbocycles. The third-order valence-electron chi connectivity index (χ3n) is 16.7. The molecule has 16 heteroatoms. The zero-order valence-electron chi connectivity index (χ0n) is 54.6.